The Morgan fingerprint density at radius 2 is 2.21 bits per heavy atom. The zero-order valence-electron chi connectivity index (χ0n) is 12.9. The fraction of sp³-hybridized carbons (Fsp3) is 0.812. The summed E-state index contributed by atoms with van der Waals surface area (Å²) in [7, 11) is 2.00. The van der Waals surface area contributed by atoms with Crippen LogP contribution in [0.5, 0.6) is 0 Å². The summed E-state index contributed by atoms with van der Waals surface area (Å²) in [5.41, 5.74) is 2.50. The molecule has 1 saturated carbocycles. The summed E-state index contributed by atoms with van der Waals surface area (Å²) >= 11 is 0. The Bertz CT molecular complexity index is 395. The van der Waals surface area contributed by atoms with E-state index < -0.39 is 0 Å². The molecule has 1 heterocycles. The summed E-state index contributed by atoms with van der Waals surface area (Å²) in [6, 6.07) is 0.706. The zero-order chi connectivity index (χ0) is 13.8. The zero-order valence-corrected chi connectivity index (χ0v) is 12.9. The van der Waals surface area contributed by atoms with Crippen molar-refractivity contribution in [2.75, 3.05) is 0 Å². The lowest BCUT2D eigenvalue weighted by atomic mass is 9.81. The molecule has 3 heteroatoms. The van der Waals surface area contributed by atoms with Crippen molar-refractivity contribution < 1.29 is 0 Å². The Kier molecular flexibility index (Phi) is 5.03. The molecule has 2 unspecified atom stereocenters. The number of aromatic nitrogens is 2. The summed E-state index contributed by atoms with van der Waals surface area (Å²) in [5.74, 6) is 1.77. The Hall–Kier alpha value is -0.830. The average Bonchev–Trinajstić information content (AvgIpc) is 2.65. The van der Waals surface area contributed by atoms with E-state index in [1.54, 1.807) is 0 Å². The highest BCUT2D eigenvalue weighted by atomic mass is 15.2. The van der Waals surface area contributed by atoms with Gasteiger partial charge < -0.3 is 5.32 Å². The highest BCUT2D eigenvalue weighted by Gasteiger charge is 2.22. The van der Waals surface area contributed by atoms with E-state index in [1.165, 1.54) is 37.7 Å². The third-order valence-corrected chi connectivity index (χ3v) is 4.28. The third kappa shape index (κ3) is 4.34. The molecule has 108 valence electrons. The van der Waals surface area contributed by atoms with Gasteiger partial charge in [-0.05, 0) is 38.0 Å². The van der Waals surface area contributed by atoms with Gasteiger partial charge in [0.2, 0.25) is 0 Å². The number of aryl methyl sites for hydroxylation is 2. The molecule has 19 heavy (non-hydrogen) atoms. The molecule has 1 aromatic heterocycles. The summed E-state index contributed by atoms with van der Waals surface area (Å²) in [6.45, 7) is 7.75. The van der Waals surface area contributed by atoms with Crippen molar-refractivity contribution in [2.45, 2.75) is 65.5 Å². The highest BCUT2D eigenvalue weighted by Crippen LogP contribution is 2.29. The van der Waals surface area contributed by atoms with Crippen molar-refractivity contribution in [1.82, 2.24) is 15.1 Å². The molecule has 0 bridgehead atoms. The van der Waals surface area contributed by atoms with Crippen molar-refractivity contribution in [3.05, 3.63) is 17.5 Å². The number of nitrogens with one attached hydrogen (secondary N) is 1. The minimum absolute atomic E-state index is 0.706. The molecule has 0 spiro atoms. The van der Waals surface area contributed by atoms with Gasteiger partial charge in [0.25, 0.3) is 0 Å². The second kappa shape index (κ2) is 6.56. The second-order valence-corrected chi connectivity index (χ2v) is 6.65. The van der Waals surface area contributed by atoms with Gasteiger partial charge in [-0.1, -0.05) is 26.7 Å². The molecule has 3 nitrogen and oxygen atoms in total. The average molecular weight is 263 g/mol. The number of rotatable bonds is 5. The first-order valence-corrected chi connectivity index (χ1v) is 7.77. The molecule has 1 aliphatic carbocycles. The molecule has 1 N–H and O–H groups in total. The van der Waals surface area contributed by atoms with E-state index in [2.05, 4.69) is 37.4 Å². The molecule has 0 aliphatic heterocycles. The van der Waals surface area contributed by atoms with Crippen molar-refractivity contribution in [1.29, 1.82) is 0 Å². The maximum atomic E-state index is 4.41. The van der Waals surface area contributed by atoms with E-state index in [-0.39, 0.29) is 0 Å². The van der Waals surface area contributed by atoms with E-state index in [1.807, 2.05) is 11.7 Å². The van der Waals surface area contributed by atoms with Crippen LogP contribution in [0, 0.1) is 18.8 Å². The lowest BCUT2D eigenvalue weighted by Crippen LogP contribution is -2.34. The fourth-order valence-electron chi connectivity index (χ4n) is 3.43. The van der Waals surface area contributed by atoms with Crippen molar-refractivity contribution in [3.8, 4) is 0 Å². The van der Waals surface area contributed by atoms with Gasteiger partial charge in [-0.3, -0.25) is 4.68 Å². The van der Waals surface area contributed by atoms with Crippen molar-refractivity contribution in [3.63, 3.8) is 0 Å². The van der Waals surface area contributed by atoms with Gasteiger partial charge in [0.15, 0.2) is 0 Å². The van der Waals surface area contributed by atoms with E-state index >= 15 is 0 Å². The molecule has 2 rings (SSSR count). The molecule has 2 atom stereocenters. The second-order valence-electron chi connectivity index (χ2n) is 6.65. The van der Waals surface area contributed by atoms with Crippen LogP contribution in [-0.4, -0.2) is 15.8 Å². The summed E-state index contributed by atoms with van der Waals surface area (Å²) in [6.07, 6.45) is 9.05. The normalized spacial score (nSPS) is 24.1. The molecule has 1 aliphatic rings. The Morgan fingerprint density at radius 3 is 2.84 bits per heavy atom. The summed E-state index contributed by atoms with van der Waals surface area (Å²) in [4.78, 5) is 0. The molecule has 0 aromatic carbocycles. The highest BCUT2D eigenvalue weighted by molar-refractivity contribution is 5.14. The number of nitrogens with zero attached hydrogens (tertiary/aromatic N) is 2. The predicted molar refractivity (Wildman–Crippen MR) is 80.0 cm³/mol. The number of hydrogen-bond donors (Lipinski definition) is 1. The van der Waals surface area contributed by atoms with E-state index in [0.29, 0.717) is 6.04 Å². The molecular formula is C16H29N3. The Morgan fingerprint density at radius 1 is 1.42 bits per heavy atom. The summed E-state index contributed by atoms with van der Waals surface area (Å²) in [5, 5.41) is 8.15. The summed E-state index contributed by atoms with van der Waals surface area (Å²) < 4.78 is 1.91. The van der Waals surface area contributed by atoms with Gasteiger partial charge >= 0.3 is 0 Å². The molecular weight excluding hydrogens is 234 g/mol. The van der Waals surface area contributed by atoms with Crippen LogP contribution in [0.3, 0.4) is 0 Å². The van der Waals surface area contributed by atoms with E-state index in [4.69, 9.17) is 0 Å². The van der Waals surface area contributed by atoms with Gasteiger partial charge in [0, 0.05) is 31.4 Å². The van der Waals surface area contributed by atoms with Gasteiger partial charge in [-0.2, -0.15) is 5.10 Å². The van der Waals surface area contributed by atoms with Crippen LogP contribution in [0.1, 0.15) is 57.2 Å². The lowest BCUT2D eigenvalue weighted by molar-refractivity contribution is 0.252. The lowest BCUT2D eigenvalue weighted by Gasteiger charge is -2.30. The van der Waals surface area contributed by atoms with Crippen LogP contribution in [0.2, 0.25) is 0 Å². The fourth-order valence-corrected chi connectivity index (χ4v) is 3.43. The van der Waals surface area contributed by atoms with Gasteiger partial charge in [-0.25, -0.2) is 0 Å². The molecule has 0 amide bonds. The predicted octanol–water partition coefficient (Wildman–Crippen LogP) is 3.42. The topological polar surface area (TPSA) is 29.9 Å². The van der Waals surface area contributed by atoms with Gasteiger partial charge in [-0.15, -0.1) is 0 Å². The van der Waals surface area contributed by atoms with Crippen molar-refractivity contribution >= 4 is 0 Å². The van der Waals surface area contributed by atoms with E-state index in [9.17, 15) is 0 Å². The van der Waals surface area contributed by atoms with E-state index in [0.717, 1.165) is 24.1 Å². The maximum absolute atomic E-state index is 4.41. The Labute approximate surface area is 117 Å². The number of hydrogen-bond acceptors (Lipinski definition) is 2. The first kappa shape index (κ1) is 14.6. The quantitative estimate of drug-likeness (QED) is 0.882. The SMILES string of the molecule is Cc1nn(C)cc1CNC1CCCC(CC(C)C)C1. The largest absolute Gasteiger partial charge is 0.310 e. The minimum Gasteiger partial charge on any atom is -0.310 e. The minimum atomic E-state index is 0.706. The van der Waals surface area contributed by atoms with Crippen LogP contribution in [-0.2, 0) is 13.6 Å². The first-order chi connectivity index (χ1) is 9.04. The van der Waals surface area contributed by atoms with Crippen LogP contribution < -0.4 is 5.32 Å². The van der Waals surface area contributed by atoms with Crippen LogP contribution in [0.4, 0.5) is 0 Å². The maximum Gasteiger partial charge on any atom is 0.0638 e. The van der Waals surface area contributed by atoms with Crippen molar-refractivity contribution in [2.24, 2.45) is 18.9 Å². The smallest absolute Gasteiger partial charge is 0.0638 e. The molecule has 0 radical (unpaired) electrons. The molecule has 1 fully saturated rings. The van der Waals surface area contributed by atoms with Crippen LogP contribution in [0.15, 0.2) is 6.20 Å². The Balaban J connectivity index is 1.81. The third-order valence-electron chi connectivity index (χ3n) is 4.28. The molecule has 1 aromatic rings. The standard InChI is InChI=1S/C16H29N3/c1-12(2)8-14-6-5-7-16(9-14)17-10-15-11-19(4)18-13(15)3/h11-12,14,16-17H,5-10H2,1-4H3. The first-order valence-electron chi connectivity index (χ1n) is 7.77. The van der Waals surface area contributed by atoms with Crippen LogP contribution in [0.25, 0.3) is 0 Å². The van der Waals surface area contributed by atoms with Gasteiger partial charge in [0.05, 0.1) is 5.69 Å². The van der Waals surface area contributed by atoms with Gasteiger partial charge in [0.1, 0.15) is 0 Å². The monoisotopic (exact) mass is 263 g/mol. The molecule has 0 saturated heterocycles. The van der Waals surface area contributed by atoms with Crippen LogP contribution >= 0.6 is 0 Å².